The molecule has 2 aromatic rings. The lowest BCUT2D eigenvalue weighted by atomic mass is 10.0. The maximum absolute atomic E-state index is 6.45. The molecule has 0 fully saturated rings. The van der Waals surface area contributed by atoms with Crippen LogP contribution < -0.4 is 5.32 Å². The number of nitrogens with zero attached hydrogens (tertiary/aromatic N) is 4. The van der Waals surface area contributed by atoms with Crippen molar-refractivity contribution in [3.8, 4) is 0 Å². The lowest BCUT2D eigenvalue weighted by Gasteiger charge is -2.16. The molecule has 0 saturated heterocycles. The number of hydrogen-bond donors (Lipinski definition) is 1. The van der Waals surface area contributed by atoms with Gasteiger partial charge in [0.2, 0.25) is 0 Å². The molecule has 5 nitrogen and oxygen atoms in total. The van der Waals surface area contributed by atoms with Gasteiger partial charge < -0.3 is 5.32 Å². The molecule has 0 spiro atoms. The third kappa shape index (κ3) is 2.99. The van der Waals surface area contributed by atoms with Crippen LogP contribution in [0.3, 0.4) is 0 Å². The Hall–Kier alpha value is -1.46. The second-order valence-electron chi connectivity index (χ2n) is 4.59. The Morgan fingerprint density at radius 1 is 1.30 bits per heavy atom. The smallest absolute Gasteiger partial charge is 0.115 e. The summed E-state index contributed by atoms with van der Waals surface area (Å²) in [5, 5.41) is 8.63. The van der Waals surface area contributed by atoms with Crippen molar-refractivity contribution in [2.24, 2.45) is 0 Å². The quantitative estimate of drug-likeness (QED) is 0.889. The Kier molecular flexibility index (Phi) is 5.09. The molecule has 2 rings (SSSR count). The lowest BCUT2D eigenvalue weighted by Crippen LogP contribution is -2.21. The average Bonchev–Trinajstić information content (AvgIpc) is 2.81. The molecule has 0 saturated carbocycles. The summed E-state index contributed by atoms with van der Waals surface area (Å²) in [7, 11) is 1.93. The molecule has 2 heterocycles. The van der Waals surface area contributed by atoms with Crippen molar-refractivity contribution in [1.82, 2.24) is 25.1 Å². The van der Waals surface area contributed by atoms with Gasteiger partial charge in [-0.05, 0) is 20.4 Å². The molecule has 0 aliphatic carbocycles. The molecular formula is C14H20ClN5. The molecule has 0 aromatic carbocycles. The first-order chi connectivity index (χ1) is 9.71. The molecule has 0 aliphatic heterocycles. The van der Waals surface area contributed by atoms with Crippen LogP contribution in [-0.2, 0) is 19.4 Å². The first kappa shape index (κ1) is 14.9. The summed E-state index contributed by atoms with van der Waals surface area (Å²) >= 11 is 6.45. The topological polar surface area (TPSA) is 55.6 Å². The molecule has 1 atom stereocenters. The maximum Gasteiger partial charge on any atom is 0.115 e. The van der Waals surface area contributed by atoms with E-state index in [2.05, 4.69) is 34.2 Å². The van der Waals surface area contributed by atoms with Crippen LogP contribution >= 0.6 is 11.6 Å². The van der Waals surface area contributed by atoms with Gasteiger partial charge in [-0.1, -0.05) is 18.5 Å². The molecule has 1 unspecified atom stereocenters. The Morgan fingerprint density at radius 3 is 2.55 bits per heavy atom. The Labute approximate surface area is 124 Å². The number of hydrogen-bond acceptors (Lipinski definition) is 4. The van der Waals surface area contributed by atoms with E-state index in [0.717, 1.165) is 41.4 Å². The van der Waals surface area contributed by atoms with Gasteiger partial charge in [-0.3, -0.25) is 4.68 Å². The van der Waals surface area contributed by atoms with Crippen molar-refractivity contribution in [3.05, 3.63) is 40.7 Å². The highest BCUT2D eigenvalue weighted by Gasteiger charge is 2.19. The molecule has 1 N–H and O–H groups in total. The van der Waals surface area contributed by atoms with Gasteiger partial charge in [0.25, 0.3) is 0 Å². The van der Waals surface area contributed by atoms with Crippen LogP contribution in [0.15, 0.2) is 18.7 Å². The highest BCUT2D eigenvalue weighted by molar-refractivity contribution is 6.31. The third-order valence-corrected chi connectivity index (χ3v) is 3.86. The van der Waals surface area contributed by atoms with E-state index in [1.807, 2.05) is 24.1 Å². The SMILES string of the molecule is CCc1nn(CC)c(CC(NC)c2cncnc2)c1Cl. The Morgan fingerprint density at radius 2 is 2.00 bits per heavy atom. The summed E-state index contributed by atoms with van der Waals surface area (Å²) in [5.41, 5.74) is 3.07. The fourth-order valence-corrected chi connectivity index (χ4v) is 2.63. The first-order valence-corrected chi connectivity index (χ1v) is 7.25. The standard InChI is InChI=1S/C14H20ClN5/c1-4-11-14(15)13(20(5-2)19-11)6-12(16-3)10-7-17-9-18-8-10/h7-9,12,16H,4-6H2,1-3H3. The second-order valence-corrected chi connectivity index (χ2v) is 4.97. The predicted octanol–water partition coefficient (Wildman–Crippen LogP) is 2.41. The van der Waals surface area contributed by atoms with E-state index >= 15 is 0 Å². The highest BCUT2D eigenvalue weighted by atomic mass is 35.5. The number of likely N-dealkylation sites (N-methyl/N-ethyl adjacent to an activating group) is 1. The van der Waals surface area contributed by atoms with Crippen molar-refractivity contribution >= 4 is 11.6 Å². The molecule has 2 aromatic heterocycles. The van der Waals surface area contributed by atoms with E-state index in [-0.39, 0.29) is 6.04 Å². The summed E-state index contributed by atoms with van der Waals surface area (Å²) in [5.74, 6) is 0. The molecule has 0 bridgehead atoms. The molecule has 20 heavy (non-hydrogen) atoms. The molecular weight excluding hydrogens is 274 g/mol. The van der Waals surface area contributed by atoms with Gasteiger partial charge in [-0.25, -0.2) is 9.97 Å². The molecule has 0 aliphatic rings. The zero-order valence-corrected chi connectivity index (χ0v) is 12.9. The van der Waals surface area contributed by atoms with Gasteiger partial charge in [0.1, 0.15) is 6.33 Å². The fraction of sp³-hybridized carbons (Fsp3) is 0.500. The van der Waals surface area contributed by atoms with Gasteiger partial charge in [-0.2, -0.15) is 5.10 Å². The van der Waals surface area contributed by atoms with Crippen LogP contribution in [0.1, 0.15) is 36.8 Å². The first-order valence-electron chi connectivity index (χ1n) is 6.87. The third-order valence-electron chi connectivity index (χ3n) is 3.42. The zero-order valence-electron chi connectivity index (χ0n) is 12.1. The minimum absolute atomic E-state index is 0.125. The van der Waals surface area contributed by atoms with E-state index in [0.29, 0.717) is 0 Å². The monoisotopic (exact) mass is 293 g/mol. The molecule has 108 valence electrons. The van der Waals surface area contributed by atoms with Crippen molar-refractivity contribution in [1.29, 1.82) is 0 Å². The number of nitrogens with one attached hydrogen (secondary N) is 1. The van der Waals surface area contributed by atoms with E-state index in [1.165, 1.54) is 6.33 Å². The van der Waals surface area contributed by atoms with Gasteiger partial charge in [0, 0.05) is 37.0 Å². The van der Waals surface area contributed by atoms with Gasteiger partial charge in [-0.15, -0.1) is 0 Å². The van der Waals surface area contributed by atoms with Gasteiger partial charge in [0.15, 0.2) is 0 Å². The van der Waals surface area contributed by atoms with Crippen LogP contribution in [0.5, 0.6) is 0 Å². The summed E-state index contributed by atoms with van der Waals surface area (Å²) in [6, 6.07) is 0.125. The Bertz CT molecular complexity index is 552. The average molecular weight is 294 g/mol. The number of aromatic nitrogens is 4. The number of aryl methyl sites for hydroxylation is 2. The van der Waals surface area contributed by atoms with Crippen LogP contribution in [0.2, 0.25) is 5.02 Å². The minimum atomic E-state index is 0.125. The summed E-state index contributed by atoms with van der Waals surface area (Å²) in [4.78, 5) is 8.15. The molecule has 0 amide bonds. The highest BCUT2D eigenvalue weighted by Crippen LogP contribution is 2.26. The normalized spacial score (nSPS) is 12.6. The second kappa shape index (κ2) is 6.81. The van der Waals surface area contributed by atoms with Gasteiger partial charge in [0.05, 0.1) is 16.4 Å². The predicted molar refractivity (Wildman–Crippen MR) is 79.8 cm³/mol. The lowest BCUT2D eigenvalue weighted by molar-refractivity contribution is 0.538. The van der Waals surface area contributed by atoms with E-state index in [9.17, 15) is 0 Å². The van der Waals surface area contributed by atoms with E-state index in [1.54, 1.807) is 0 Å². The van der Waals surface area contributed by atoms with E-state index < -0.39 is 0 Å². The number of rotatable bonds is 6. The molecule has 6 heteroatoms. The number of halogens is 1. The summed E-state index contributed by atoms with van der Waals surface area (Å²) < 4.78 is 1.98. The largest absolute Gasteiger partial charge is 0.313 e. The Balaban J connectivity index is 2.30. The van der Waals surface area contributed by atoms with Crippen molar-refractivity contribution < 1.29 is 0 Å². The van der Waals surface area contributed by atoms with Gasteiger partial charge >= 0.3 is 0 Å². The maximum atomic E-state index is 6.45. The van der Waals surface area contributed by atoms with Crippen LogP contribution in [0, 0.1) is 0 Å². The minimum Gasteiger partial charge on any atom is -0.313 e. The molecule has 0 radical (unpaired) electrons. The van der Waals surface area contributed by atoms with Crippen LogP contribution in [0.25, 0.3) is 0 Å². The zero-order chi connectivity index (χ0) is 14.5. The van der Waals surface area contributed by atoms with Crippen LogP contribution in [-0.4, -0.2) is 26.8 Å². The van der Waals surface area contributed by atoms with Crippen molar-refractivity contribution in [2.45, 2.75) is 39.3 Å². The van der Waals surface area contributed by atoms with Crippen molar-refractivity contribution in [2.75, 3.05) is 7.05 Å². The van der Waals surface area contributed by atoms with Crippen molar-refractivity contribution in [3.63, 3.8) is 0 Å². The summed E-state index contributed by atoms with van der Waals surface area (Å²) in [6.45, 7) is 4.96. The summed E-state index contributed by atoms with van der Waals surface area (Å²) in [6.07, 6.45) is 6.81. The fourth-order valence-electron chi connectivity index (χ4n) is 2.28. The van der Waals surface area contributed by atoms with Crippen LogP contribution in [0.4, 0.5) is 0 Å². The van der Waals surface area contributed by atoms with E-state index in [4.69, 9.17) is 11.6 Å².